The highest BCUT2D eigenvalue weighted by Gasteiger charge is 2.39. The Labute approximate surface area is 212 Å². The third kappa shape index (κ3) is 4.26. The van der Waals surface area contributed by atoms with Crippen molar-refractivity contribution >= 4 is 51.8 Å². The van der Waals surface area contributed by atoms with E-state index in [1.165, 1.54) is 11.8 Å². The fraction of sp³-hybridized carbons (Fsp3) is 0.185. The molecule has 1 aliphatic heterocycles. The average molecular weight is 506 g/mol. The lowest BCUT2D eigenvalue weighted by Crippen LogP contribution is -2.43. The van der Waals surface area contributed by atoms with Gasteiger partial charge in [-0.05, 0) is 30.3 Å². The summed E-state index contributed by atoms with van der Waals surface area (Å²) in [6.07, 6.45) is 0. The van der Waals surface area contributed by atoms with Gasteiger partial charge in [-0.15, -0.1) is 0 Å². The molecule has 0 unspecified atom stereocenters. The molecule has 2 amide bonds. The first-order valence-electron chi connectivity index (χ1n) is 11.2. The van der Waals surface area contributed by atoms with Gasteiger partial charge in [0.2, 0.25) is 11.8 Å². The summed E-state index contributed by atoms with van der Waals surface area (Å²) in [5.74, 6) is 0.470. The standard InChI is InChI=1S/C27H24ClN3O3S/c1-30-21-12-5-4-11-20(21)24-25(26(33)29-15-17-8-3-6-13-22(17)34-2)31(23(32)16-35-27(24)30)19-10-7-9-18(28)14-19/h3-14,25H,15-16H2,1-2H3,(H,29,33)/t25-/m0/s1. The normalized spacial score (nSPS) is 15.6. The van der Waals surface area contributed by atoms with Crippen LogP contribution < -0.4 is 15.0 Å². The first kappa shape index (κ1) is 23.3. The van der Waals surface area contributed by atoms with Crippen LogP contribution in [0.2, 0.25) is 5.02 Å². The summed E-state index contributed by atoms with van der Waals surface area (Å²) in [4.78, 5) is 29.0. The highest BCUT2D eigenvalue weighted by Crippen LogP contribution is 2.43. The van der Waals surface area contributed by atoms with Gasteiger partial charge in [-0.1, -0.05) is 65.8 Å². The number of benzene rings is 3. The van der Waals surface area contributed by atoms with E-state index >= 15 is 0 Å². The van der Waals surface area contributed by atoms with Crippen molar-refractivity contribution in [3.8, 4) is 5.75 Å². The molecule has 178 valence electrons. The van der Waals surface area contributed by atoms with Crippen molar-refractivity contribution < 1.29 is 14.3 Å². The van der Waals surface area contributed by atoms with Crippen molar-refractivity contribution in [2.75, 3.05) is 17.8 Å². The molecule has 0 aliphatic carbocycles. The molecule has 1 aromatic heterocycles. The molecule has 3 aromatic carbocycles. The molecule has 0 fully saturated rings. The number of anilines is 1. The molecule has 0 saturated heterocycles. The lowest BCUT2D eigenvalue weighted by atomic mass is 10.0. The van der Waals surface area contributed by atoms with Gasteiger partial charge >= 0.3 is 0 Å². The molecule has 8 heteroatoms. The Morgan fingerprint density at radius 1 is 1.11 bits per heavy atom. The van der Waals surface area contributed by atoms with Crippen LogP contribution in [0.25, 0.3) is 10.9 Å². The molecule has 6 nitrogen and oxygen atoms in total. The number of ether oxygens (including phenoxy) is 1. The number of para-hydroxylation sites is 2. The zero-order valence-corrected chi connectivity index (χ0v) is 20.9. The Morgan fingerprint density at radius 2 is 1.89 bits per heavy atom. The minimum atomic E-state index is -0.869. The predicted octanol–water partition coefficient (Wildman–Crippen LogP) is 5.34. The van der Waals surface area contributed by atoms with Crippen LogP contribution in [0.4, 0.5) is 5.69 Å². The minimum absolute atomic E-state index is 0.157. The smallest absolute Gasteiger partial charge is 0.248 e. The molecule has 0 spiro atoms. The Kier molecular flexibility index (Phi) is 6.45. The number of halogens is 1. The van der Waals surface area contributed by atoms with Gasteiger partial charge in [0.15, 0.2) is 0 Å². The first-order chi connectivity index (χ1) is 17.0. The van der Waals surface area contributed by atoms with Crippen LogP contribution in [0, 0.1) is 0 Å². The van der Waals surface area contributed by atoms with Gasteiger partial charge in [0.25, 0.3) is 0 Å². The second kappa shape index (κ2) is 9.68. The number of nitrogens with zero attached hydrogens (tertiary/aromatic N) is 2. The second-order valence-electron chi connectivity index (χ2n) is 8.26. The van der Waals surface area contributed by atoms with E-state index in [2.05, 4.69) is 9.88 Å². The van der Waals surface area contributed by atoms with Crippen LogP contribution in [0.5, 0.6) is 5.75 Å². The summed E-state index contributed by atoms with van der Waals surface area (Å²) in [5, 5.41) is 5.40. The number of fused-ring (bicyclic) bond motifs is 3. The van der Waals surface area contributed by atoms with Gasteiger partial charge in [-0.2, -0.15) is 0 Å². The molecule has 0 saturated carbocycles. The van der Waals surface area contributed by atoms with E-state index in [-0.39, 0.29) is 24.1 Å². The molecule has 1 atom stereocenters. The number of rotatable bonds is 5. The van der Waals surface area contributed by atoms with E-state index in [4.69, 9.17) is 16.3 Å². The molecular weight excluding hydrogens is 482 g/mol. The maximum atomic E-state index is 14.0. The SMILES string of the molecule is COc1ccccc1CNC(=O)[C@@H]1c2c(n(C)c3ccccc23)SCC(=O)N1c1cccc(Cl)c1. The van der Waals surface area contributed by atoms with Gasteiger partial charge in [0, 0.05) is 46.3 Å². The van der Waals surface area contributed by atoms with Crippen LogP contribution in [-0.4, -0.2) is 29.2 Å². The monoisotopic (exact) mass is 505 g/mol. The van der Waals surface area contributed by atoms with E-state index in [1.807, 2.05) is 61.6 Å². The van der Waals surface area contributed by atoms with Crippen molar-refractivity contribution in [3.05, 3.63) is 88.9 Å². The summed E-state index contributed by atoms with van der Waals surface area (Å²) in [6.45, 7) is 0.268. The summed E-state index contributed by atoms with van der Waals surface area (Å²) >= 11 is 7.75. The highest BCUT2D eigenvalue weighted by atomic mass is 35.5. The molecule has 4 aromatic rings. The van der Waals surface area contributed by atoms with Crippen LogP contribution >= 0.6 is 23.4 Å². The number of aryl methyl sites for hydroxylation is 1. The first-order valence-corrected chi connectivity index (χ1v) is 12.5. The Hall–Kier alpha value is -3.42. The summed E-state index contributed by atoms with van der Waals surface area (Å²) in [5.41, 5.74) is 3.26. The lowest BCUT2D eigenvalue weighted by Gasteiger charge is -2.30. The third-order valence-electron chi connectivity index (χ3n) is 6.20. The third-order valence-corrected chi connectivity index (χ3v) is 7.60. The topological polar surface area (TPSA) is 63.6 Å². The molecule has 5 rings (SSSR count). The Bertz CT molecular complexity index is 1430. The average Bonchev–Trinajstić information content (AvgIpc) is 3.05. The van der Waals surface area contributed by atoms with Gasteiger partial charge < -0.3 is 14.6 Å². The van der Waals surface area contributed by atoms with Gasteiger partial charge in [-0.25, -0.2) is 0 Å². The Balaban J connectivity index is 1.64. The number of aromatic nitrogens is 1. The van der Waals surface area contributed by atoms with Crippen molar-refractivity contribution in [3.63, 3.8) is 0 Å². The van der Waals surface area contributed by atoms with Crippen molar-refractivity contribution in [1.29, 1.82) is 0 Å². The number of carbonyl (C=O) groups excluding carboxylic acids is 2. The number of thioether (sulfide) groups is 1. The maximum Gasteiger partial charge on any atom is 0.248 e. The number of nitrogens with one attached hydrogen (secondary N) is 1. The number of carbonyl (C=O) groups is 2. The second-order valence-corrected chi connectivity index (χ2v) is 9.66. The highest BCUT2D eigenvalue weighted by molar-refractivity contribution is 8.00. The molecule has 2 heterocycles. The molecule has 0 bridgehead atoms. The number of methoxy groups -OCH3 is 1. The summed E-state index contributed by atoms with van der Waals surface area (Å²) in [7, 11) is 3.57. The summed E-state index contributed by atoms with van der Waals surface area (Å²) in [6, 6.07) is 21.7. The number of hydrogen-bond acceptors (Lipinski definition) is 4. The number of amides is 2. The minimum Gasteiger partial charge on any atom is -0.496 e. The molecule has 1 aliphatic rings. The maximum absolute atomic E-state index is 14.0. The van der Waals surface area contributed by atoms with E-state index in [9.17, 15) is 9.59 Å². The van der Waals surface area contributed by atoms with Gasteiger partial charge in [0.1, 0.15) is 11.8 Å². The zero-order chi connectivity index (χ0) is 24.5. The zero-order valence-electron chi connectivity index (χ0n) is 19.3. The van der Waals surface area contributed by atoms with Crippen LogP contribution in [0.1, 0.15) is 17.2 Å². The van der Waals surface area contributed by atoms with Crippen LogP contribution in [0.3, 0.4) is 0 Å². The van der Waals surface area contributed by atoms with Gasteiger partial charge in [0.05, 0.1) is 17.9 Å². The van der Waals surface area contributed by atoms with Crippen molar-refractivity contribution in [2.24, 2.45) is 7.05 Å². The van der Waals surface area contributed by atoms with Gasteiger partial charge in [-0.3, -0.25) is 14.5 Å². The molecular formula is C27H24ClN3O3S. The fourth-order valence-corrected chi connectivity index (χ4v) is 5.86. The lowest BCUT2D eigenvalue weighted by molar-refractivity contribution is -0.125. The van der Waals surface area contributed by atoms with Crippen molar-refractivity contribution in [1.82, 2.24) is 9.88 Å². The van der Waals surface area contributed by atoms with E-state index < -0.39 is 6.04 Å². The van der Waals surface area contributed by atoms with Crippen LogP contribution in [-0.2, 0) is 23.2 Å². The number of hydrogen-bond donors (Lipinski definition) is 1. The molecule has 35 heavy (non-hydrogen) atoms. The Morgan fingerprint density at radius 3 is 2.69 bits per heavy atom. The van der Waals surface area contributed by atoms with E-state index in [0.717, 1.165) is 27.1 Å². The summed E-state index contributed by atoms with van der Waals surface area (Å²) < 4.78 is 7.50. The largest absolute Gasteiger partial charge is 0.496 e. The fourth-order valence-electron chi connectivity index (χ4n) is 4.61. The predicted molar refractivity (Wildman–Crippen MR) is 140 cm³/mol. The van der Waals surface area contributed by atoms with Crippen molar-refractivity contribution in [2.45, 2.75) is 17.6 Å². The quantitative estimate of drug-likeness (QED) is 0.398. The van der Waals surface area contributed by atoms with E-state index in [1.54, 1.807) is 30.2 Å². The van der Waals surface area contributed by atoms with E-state index in [0.29, 0.717) is 16.5 Å². The van der Waals surface area contributed by atoms with Crippen LogP contribution in [0.15, 0.2) is 77.8 Å². The molecule has 1 N–H and O–H groups in total. The molecule has 0 radical (unpaired) electrons.